The Morgan fingerprint density at radius 2 is 1.92 bits per heavy atom. The first-order chi connectivity index (χ1) is 5.88. The quantitative estimate of drug-likeness (QED) is 0.690. The van der Waals surface area contributed by atoms with Crippen LogP contribution in [0.5, 0.6) is 0 Å². The van der Waals surface area contributed by atoms with Crippen LogP contribution in [0.3, 0.4) is 0 Å². The zero-order valence-corrected chi connectivity index (χ0v) is 8.84. The highest BCUT2D eigenvalue weighted by atomic mass is 16.4. The van der Waals surface area contributed by atoms with E-state index < -0.39 is 5.97 Å². The first kappa shape index (κ1) is 12.4. The van der Waals surface area contributed by atoms with Crippen LogP contribution in [0.15, 0.2) is 0 Å². The summed E-state index contributed by atoms with van der Waals surface area (Å²) >= 11 is 0. The van der Waals surface area contributed by atoms with Crippen LogP contribution in [0.25, 0.3) is 0 Å². The molecular formula is C10H21NO2. The number of aliphatic carboxylic acids is 1. The minimum absolute atomic E-state index is 0.162. The van der Waals surface area contributed by atoms with Gasteiger partial charge in [-0.2, -0.15) is 0 Å². The van der Waals surface area contributed by atoms with Gasteiger partial charge in [0.15, 0.2) is 0 Å². The van der Waals surface area contributed by atoms with Gasteiger partial charge in [-0.05, 0) is 30.7 Å². The second-order valence-electron chi connectivity index (χ2n) is 4.57. The summed E-state index contributed by atoms with van der Waals surface area (Å²) < 4.78 is 0. The molecule has 1 atom stereocenters. The SMILES string of the molecule is CC(C)(C)C(CCN)CCC(=O)O. The highest BCUT2D eigenvalue weighted by molar-refractivity contribution is 5.66. The van der Waals surface area contributed by atoms with Crippen LogP contribution in [0.4, 0.5) is 0 Å². The van der Waals surface area contributed by atoms with E-state index in [1.54, 1.807) is 0 Å². The first-order valence-electron chi connectivity index (χ1n) is 4.79. The maximum Gasteiger partial charge on any atom is 0.303 e. The molecule has 1 unspecified atom stereocenters. The Labute approximate surface area is 80.3 Å². The maximum atomic E-state index is 10.4. The summed E-state index contributed by atoms with van der Waals surface area (Å²) in [6.07, 6.45) is 1.90. The molecule has 0 aromatic carbocycles. The number of nitrogens with two attached hydrogens (primary N) is 1. The van der Waals surface area contributed by atoms with E-state index in [1.165, 1.54) is 0 Å². The van der Waals surface area contributed by atoms with Crippen LogP contribution in [0.2, 0.25) is 0 Å². The summed E-state index contributed by atoms with van der Waals surface area (Å²) in [6, 6.07) is 0. The summed E-state index contributed by atoms with van der Waals surface area (Å²) in [5.74, 6) is -0.306. The molecule has 0 aliphatic carbocycles. The molecule has 3 N–H and O–H groups in total. The Hall–Kier alpha value is -0.570. The second-order valence-corrected chi connectivity index (χ2v) is 4.57. The molecule has 3 nitrogen and oxygen atoms in total. The molecule has 0 saturated carbocycles. The van der Waals surface area contributed by atoms with E-state index >= 15 is 0 Å². The fraction of sp³-hybridized carbons (Fsp3) is 0.900. The van der Waals surface area contributed by atoms with Gasteiger partial charge in [0.05, 0.1) is 0 Å². The van der Waals surface area contributed by atoms with Gasteiger partial charge in [-0.25, -0.2) is 0 Å². The Morgan fingerprint density at radius 3 is 2.23 bits per heavy atom. The van der Waals surface area contributed by atoms with Crippen molar-refractivity contribution in [3.05, 3.63) is 0 Å². The van der Waals surface area contributed by atoms with Gasteiger partial charge in [0.2, 0.25) is 0 Å². The van der Waals surface area contributed by atoms with Crippen molar-refractivity contribution in [2.75, 3.05) is 6.54 Å². The normalized spacial score (nSPS) is 14.2. The largest absolute Gasteiger partial charge is 0.481 e. The third-order valence-corrected chi connectivity index (χ3v) is 2.45. The average Bonchev–Trinajstić information content (AvgIpc) is 1.95. The van der Waals surface area contributed by atoms with E-state index in [4.69, 9.17) is 10.8 Å². The van der Waals surface area contributed by atoms with Crippen molar-refractivity contribution in [3.63, 3.8) is 0 Å². The Morgan fingerprint density at radius 1 is 1.38 bits per heavy atom. The second kappa shape index (κ2) is 5.22. The Kier molecular flexibility index (Phi) is 4.99. The fourth-order valence-electron chi connectivity index (χ4n) is 1.51. The first-order valence-corrected chi connectivity index (χ1v) is 4.79. The Bertz CT molecular complexity index is 161. The molecule has 78 valence electrons. The molecule has 3 heteroatoms. The molecule has 0 fully saturated rings. The van der Waals surface area contributed by atoms with Crippen molar-refractivity contribution in [1.82, 2.24) is 0 Å². The van der Waals surface area contributed by atoms with Crippen molar-refractivity contribution >= 4 is 5.97 Å². The van der Waals surface area contributed by atoms with Crippen molar-refractivity contribution < 1.29 is 9.90 Å². The van der Waals surface area contributed by atoms with Gasteiger partial charge >= 0.3 is 5.97 Å². The fourth-order valence-corrected chi connectivity index (χ4v) is 1.51. The number of hydrogen-bond acceptors (Lipinski definition) is 2. The lowest BCUT2D eigenvalue weighted by Gasteiger charge is -2.30. The van der Waals surface area contributed by atoms with Crippen LogP contribution >= 0.6 is 0 Å². The number of carbonyl (C=O) groups is 1. The van der Waals surface area contributed by atoms with Crippen LogP contribution < -0.4 is 5.73 Å². The highest BCUT2D eigenvalue weighted by Crippen LogP contribution is 2.31. The molecule has 0 rings (SSSR count). The summed E-state index contributed by atoms with van der Waals surface area (Å²) in [7, 11) is 0. The lowest BCUT2D eigenvalue weighted by Crippen LogP contribution is -2.24. The molecule has 0 saturated heterocycles. The molecule has 0 aromatic heterocycles. The van der Waals surface area contributed by atoms with Crippen LogP contribution in [-0.4, -0.2) is 17.6 Å². The highest BCUT2D eigenvalue weighted by Gasteiger charge is 2.23. The summed E-state index contributed by atoms with van der Waals surface area (Å²) in [6.45, 7) is 7.04. The van der Waals surface area contributed by atoms with Crippen LogP contribution in [0, 0.1) is 11.3 Å². The van der Waals surface area contributed by atoms with Gasteiger partial charge in [-0.1, -0.05) is 20.8 Å². The molecule has 0 bridgehead atoms. The minimum atomic E-state index is -0.716. The standard InChI is InChI=1S/C10H21NO2/c1-10(2,3)8(6-7-11)4-5-9(12)13/h8H,4-7,11H2,1-3H3,(H,12,13). The number of hydrogen-bond donors (Lipinski definition) is 2. The smallest absolute Gasteiger partial charge is 0.303 e. The van der Waals surface area contributed by atoms with Gasteiger partial charge < -0.3 is 10.8 Å². The van der Waals surface area contributed by atoms with Crippen molar-refractivity contribution in [3.8, 4) is 0 Å². The van der Waals surface area contributed by atoms with E-state index in [9.17, 15) is 4.79 Å². The van der Waals surface area contributed by atoms with E-state index in [2.05, 4.69) is 20.8 Å². The molecule has 0 radical (unpaired) electrons. The molecule has 0 aliphatic rings. The van der Waals surface area contributed by atoms with E-state index in [0.29, 0.717) is 12.5 Å². The van der Waals surface area contributed by atoms with Crippen molar-refractivity contribution in [2.24, 2.45) is 17.1 Å². The zero-order valence-electron chi connectivity index (χ0n) is 8.84. The third-order valence-electron chi connectivity index (χ3n) is 2.45. The minimum Gasteiger partial charge on any atom is -0.481 e. The predicted molar refractivity (Wildman–Crippen MR) is 53.5 cm³/mol. The summed E-state index contributed by atoms with van der Waals surface area (Å²) in [4.78, 5) is 10.4. The Balaban J connectivity index is 4.02. The molecule has 0 amide bonds. The van der Waals surface area contributed by atoms with E-state index in [-0.39, 0.29) is 11.8 Å². The molecule has 0 spiro atoms. The maximum absolute atomic E-state index is 10.4. The van der Waals surface area contributed by atoms with Crippen LogP contribution in [-0.2, 0) is 4.79 Å². The molecule has 0 heterocycles. The van der Waals surface area contributed by atoms with Gasteiger partial charge in [0, 0.05) is 6.42 Å². The van der Waals surface area contributed by atoms with Gasteiger partial charge in [0.1, 0.15) is 0 Å². The summed E-state index contributed by atoms with van der Waals surface area (Å²) in [5, 5.41) is 8.57. The topological polar surface area (TPSA) is 63.3 Å². The van der Waals surface area contributed by atoms with Crippen molar-refractivity contribution in [2.45, 2.75) is 40.0 Å². The van der Waals surface area contributed by atoms with E-state index in [0.717, 1.165) is 12.8 Å². The molecule has 0 aliphatic heterocycles. The van der Waals surface area contributed by atoms with Crippen molar-refractivity contribution in [1.29, 1.82) is 0 Å². The number of carboxylic acid groups (broad SMARTS) is 1. The van der Waals surface area contributed by atoms with Gasteiger partial charge in [0.25, 0.3) is 0 Å². The zero-order chi connectivity index (χ0) is 10.5. The lowest BCUT2D eigenvalue weighted by molar-refractivity contribution is -0.137. The number of rotatable bonds is 5. The monoisotopic (exact) mass is 187 g/mol. The molecular weight excluding hydrogens is 166 g/mol. The van der Waals surface area contributed by atoms with Crippen LogP contribution in [0.1, 0.15) is 40.0 Å². The lowest BCUT2D eigenvalue weighted by atomic mass is 9.76. The molecule has 0 aromatic rings. The molecule has 13 heavy (non-hydrogen) atoms. The third kappa shape index (κ3) is 5.64. The number of carboxylic acids is 1. The van der Waals surface area contributed by atoms with Gasteiger partial charge in [-0.15, -0.1) is 0 Å². The van der Waals surface area contributed by atoms with E-state index in [1.807, 2.05) is 0 Å². The van der Waals surface area contributed by atoms with Gasteiger partial charge in [-0.3, -0.25) is 4.79 Å². The summed E-state index contributed by atoms with van der Waals surface area (Å²) in [5.41, 5.74) is 5.65. The predicted octanol–water partition coefficient (Wildman–Crippen LogP) is 1.86. The average molecular weight is 187 g/mol.